The molecule has 0 unspecified atom stereocenters. The van der Waals surface area contributed by atoms with E-state index in [9.17, 15) is 0 Å². The van der Waals surface area contributed by atoms with Gasteiger partial charge in [0.15, 0.2) is 8.07 Å². The van der Waals surface area contributed by atoms with Gasteiger partial charge in [-0.3, -0.25) is 0 Å². The number of fused-ring (bicyclic) bond motifs is 10. The molecule has 11 aromatic rings. The summed E-state index contributed by atoms with van der Waals surface area (Å²) in [5.41, 5.74) is 10.3. The van der Waals surface area contributed by atoms with Gasteiger partial charge in [-0.25, -0.2) is 0 Å². The first-order valence-corrected chi connectivity index (χ1v) is 22.4. The summed E-state index contributed by atoms with van der Waals surface area (Å²) in [4.78, 5) is 0. The number of rotatable bonds is 6. The number of benzene rings is 8. The van der Waals surface area contributed by atoms with Crippen LogP contribution >= 0.6 is 0 Å². The Morgan fingerprint density at radius 2 is 1.08 bits per heavy atom. The molecule has 12 rings (SSSR count). The van der Waals surface area contributed by atoms with Gasteiger partial charge in [-0.2, -0.15) is 0 Å². The fraction of sp³-hybridized carbons (Fsp3) is 0.0182. The largest absolute Gasteiger partial charge is 0.456 e. The van der Waals surface area contributed by atoms with Crippen LogP contribution in [0.1, 0.15) is 11.3 Å². The van der Waals surface area contributed by atoms with Gasteiger partial charge in [-0.05, 0) is 69.3 Å². The zero-order valence-electron chi connectivity index (χ0n) is 32.3. The second kappa shape index (κ2) is 13.3. The molecule has 0 N–H and O–H groups in total. The summed E-state index contributed by atoms with van der Waals surface area (Å²) in [6.07, 6.45) is 9.74. The summed E-state index contributed by atoms with van der Waals surface area (Å²) >= 11 is 0. The molecule has 0 fully saturated rings. The Balaban J connectivity index is 1.22. The van der Waals surface area contributed by atoms with Crippen molar-refractivity contribution in [3.8, 4) is 11.4 Å². The van der Waals surface area contributed by atoms with Crippen LogP contribution in [-0.4, -0.2) is 17.2 Å². The Hall–Kier alpha value is -7.40. The zero-order chi connectivity index (χ0) is 38.9. The molecule has 0 radical (unpaired) electrons. The molecule has 3 aromatic heterocycles. The fourth-order valence-electron chi connectivity index (χ4n) is 10.1. The summed E-state index contributed by atoms with van der Waals surface area (Å²) in [6, 6.07) is 71.8. The first kappa shape index (κ1) is 33.7. The Labute approximate surface area is 343 Å². The van der Waals surface area contributed by atoms with Crippen molar-refractivity contribution >= 4 is 89.5 Å². The van der Waals surface area contributed by atoms with Crippen LogP contribution in [0.5, 0.6) is 0 Å². The number of hydrogen-bond acceptors (Lipinski definition) is 1. The maximum Gasteiger partial charge on any atom is 0.181 e. The number of furan rings is 1. The smallest absolute Gasteiger partial charge is 0.181 e. The molecule has 1 aliphatic carbocycles. The van der Waals surface area contributed by atoms with Crippen LogP contribution in [0.15, 0.2) is 217 Å². The van der Waals surface area contributed by atoms with Gasteiger partial charge in [0.2, 0.25) is 0 Å². The lowest BCUT2D eigenvalue weighted by Crippen LogP contribution is -2.75. The van der Waals surface area contributed by atoms with Gasteiger partial charge in [-0.15, -0.1) is 0 Å². The lowest BCUT2D eigenvalue weighted by molar-refractivity contribution is 0.669. The highest BCUT2D eigenvalue weighted by Crippen LogP contribution is 2.41. The van der Waals surface area contributed by atoms with Crippen molar-refractivity contribution < 1.29 is 4.42 Å². The molecule has 0 saturated heterocycles. The van der Waals surface area contributed by atoms with Gasteiger partial charge >= 0.3 is 0 Å². The molecule has 3 heterocycles. The van der Waals surface area contributed by atoms with Crippen LogP contribution in [0.2, 0.25) is 0 Å². The fourth-order valence-corrected chi connectivity index (χ4v) is 15.1. The standard InChI is InChI=1S/C55H38N2OSi/c1-5-19-38(20-6-1)57-47-32-15-13-27-43(47)44-30-18-34-52(55(44)57)59(40-22-7-2-8-23-40,41-24-9-3-10-25-41)42-26-17-21-39(37-42)56-48-31-12-4-11-28-45(48)53-49(56)35-36-51-54(53)46-29-14-16-33-50(46)58-51/h1-30,32-37H,31H2. The van der Waals surface area contributed by atoms with Crippen LogP contribution < -0.4 is 20.7 Å². The van der Waals surface area contributed by atoms with Crippen molar-refractivity contribution in [2.45, 2.75) is 6.42 Å². The molecule has 0 saturated carbocycles. The predicted molar refractivity (Wildman–Crippen MR) is 250 cm³/mol. The molecule has 0 atom stereocenters. The molecule has 3 nitrogen and oxygen atoms in total. The normalized spacial score (nSPS) is 12.9. The highest BCUT2D eigenvalue weighted by atomic mass is 28.3. The van der Waals surface area contributed by atoms with Crippen LogP contribution in [0.3, 0.4) is 0 Å². The van der Waals surface area contributed by atoms with Crippen LogP contribution in [0.25, 0.3) is 72.1 Å². The van der Waals surface area contributed by atoms with Gasteiger partial charge in [0.1, 0.15) is 11.2 Å². The van der Waals surface area contributed by atoms with E-state index in [-0.39, 0.29) is 0 Å². The minimum absolute atomic E-state index is 0.814. The lowest BCUT2D eigenvalue weighted by atomic mass is 10.0. The molecule has 59 heavy (non-hydrogen) atoms. The number of aromatic nitrogens is 2. The zero-order valence-corrected chi connectivity index (χ0v) is 33.3. The van der Waals surface area contributed by atoms with Crippen LogP contribution in [0, 0.1) is 0 Å². The second-order valence-corrected chi connectivity index (χ2v) is 19.3. The number of para-hydroxylation sites is 4. The van der Waals surface area contributed by atoms with Gasteiger partial charge in [0, 0.05) is 56.0 Å². The molecular formula is C55H38N2OSi. The van der Waals surface area contributed by atoms with E-state index in [0.29, 0.717) is 0 Å². The third kappa shape index (κ3) is 4.94. The molecule has 0 bridgehead atoms. The lowest BCUT2D eigenvalue weighted by Gasteiger charge is -2.35. The van der Waals surface area contributed by atoms with Crippen LogP contribution in [-0.2, 0) is 6.42 Å². The highest BCUT2D eigenvalue weighted by Gasteiger charge is 2.44. The van der Waals surface area contributed by atoms with Crippen molar-refractivity contribution in [2.24, 2.45) is 0 Å². The maximum absolute atomic E-state index is 6.46. The summed E-state index contributed by atoms with van der Waals surface area (Å²) < 4.78 is 11.5. The molecule has 1 aliphatic rings. The van der Waals surface area contributed by atoms with Gasteiger partial charge in [0.05, 0.1) is 16.6 Å². The number of allylic oxidation sites excluding steroid dienone is 3. The van der Waals surface area contributed by atoms with E-state index in [4.69, 9.17) is 4.42 Å². The Kier molecular flexibility index (Phi) is 7.62. The van der Waals surface area contributed by atoms with E-state index in [1.54, 1.807) is 0 Å². The van der Waals surface area contributed by atoms with Gasteiger partial charge < -0.3 is 13.6 Å². The molecular weight excluding hydrogens is 733 g/mol. The first-order chi connectivity index (χ1) is 29.3. The number of nitrogens with zero attached hydrogens (tertiary/aromatic N) is 2. The van der Waals surface area contributed by atoms with Crippen LogP contribution in [0.4, 0.5) is 0 Å². The molecule has 0 spiro atoms. The minimum atomic E-state index is -3.09. The number of hydrogen-bond donors (Lipinski definition) is 0. The Bertz CT molecular complexity index is 3420. The van der Waals surface area contributed by atoms with Gasteiger partial charge in [0.25, 0.3) is 0 Å². The van der Waals surface area contributed by atoms with Crippen molar-refractivity contribution in [1.82, 2.24) is 9.13 Å². The first-order valence-electron chi connectivity index (χ1n) is 20.4. The third-order valence-electron chi connectivity index (χ3n) is 12.5. The van der Waals surface area contributed by atoms with E-state index < -0.39 is 8.07 Å². The third-order valence-corrected chi connectivity index (χ3v) is 17.3. The predicted octanol–water partition coefficient (Wildman–Crippen LogP) is 11.1. The quantitative estimate of drug-likeness (QED) is 0.122. The molecule has 8 aromatic carbocycles. The topological polar surface area (TPSA) is 23.0 Å². The summed E-state index contributed by atoms with van der Waals surface area (Å²) in [6.45, 7) is 0. The summed E-state index contributed by atoms with van der Waals surface area (Å²) in [7, 11) is -3.09. The summed E-state index contributed by atoms with van der Waals surface area (Å²) in [5, 5.41) is 11.4. The van der Waals surface area contributed by atoms with Crippen molar-refractivity contribution in [1.29, 1.82) is 0 Å². The highest BCUT2D eigenvalue weighted by molar-refractivity contribution is 7.20. The van der Waals surface area contributed by atoms with E-state index in [2.05, 4.69) is 228 Å². The molecule has 0 aliphatic heterocycles. The van der Waals surface area contributed by atoms with Gasteiger partial charge in [-0.1, -0.05) is 170 Å². The van der Waals surface area contributed by atoms with Crippen molar-refractivity contribution in [3.63, 3.8) is 0 Å². The molecule has 0 amide bonds. The Morgan fingerprint density at radius 3 is 1.88 bits per heavy atom. The monoisotopic (exact) mass is 770 g/mol. The van der Waals surface area contributed by atoms with E-state index in [1.165, 1.54) is 70.1 Å². The average molecular weight is 771 g/mol. The average Bonchev–Trinajstić information content (AvgIpc) is 3.88. The van der Waals surface area contributed by atoms with E-state index >= 15 is 0 Å². The molecule has 278 valence electrons. The minimum Gasteiger partial charge on any atom is -0.456 e. The Morgan fingerprint density at radius 1 is 0.441 bits per heavy atom. The summed E-state index contributed by atoms with van der Waals surface area (Å²) in [5.74, 6) is 0. The maximum atomic E-state index is 6.46. The SMILES string of the molecule is C1=CCc2c(c3c4c(ccc3n2-c2cccc([Si](c3ccccc3)(c3ccccc3)c3cccc5c6ccccc6n(-c6ccccc6)c35)c2)oc2ccccc24)C=C1. The van der Waals surface area contributed by atoms with E-state index in [0.717, 1.165) is 34.3 Å². The second-order valence-electron chi connectivity index (χ2n) is 15.5. The van der Waals surface area contributed by atoms with E-state index in [1.807, 2.05) is 0 Å². The molecule has 4 heteroatoms. The van der Waals surface area contributed by atoms with Crippen molar-refractivity contribution in [3.05, 3.63) is 224 Å². The van der Waals surface area contributed by atoms with Crippen molar-refractivity contribution in [2.75, 3.05) is 0 Å².